The average molecular weight is 309 g/mol. The molecule has 1 aromatic carbocycles. The fourth-order valence-corrected chi connectivity index (χ4v) is 2.34. The van der Waals surface area contributed by atoms with Gasteiger partial charge in [-0.15, -0.1) is 0 Å². The quantitative estimate of drug-likeness (QED) is 0.939. The summed E-state index contributed by atoms with van der Waals surface area (Å²) in [5, 5.41) is 9.55. The Bertz CT molecular complexity index is 641. The fourth-order valence-electron chi connectivity index (χ4n) is 2.21. The smallest absolute Gasteiger partial charge is 0.357 e. The average Bonchev–Trinajstić information content (AvgIpc) is 2.98. The molecular weight excluding hydrogens is 296 g/mol. The number of aromatic carboxylic acids is 1. The van der Waals surface area contributed by atoms with Crippen molar-refractivity contribution in [3.63, 3.8) is 0 Å². The molecule has 6 nitrogen and oxygen atoms in total. The van der Waals surface area contributed by atoms with Crippen molar-refractivity contribution in [1.29, 1.82) is 0 Å². The monoisotopic (exact) mass is 308 g/mol. The van der Waals surface area contributed by atoms with Gasteiger partial charge in [0.25, 0.3) is 6.01 Å². The van der Waals surface area contributed by atoms with E-state index >= 15 is 0 Å². The highest BCUT2D eigenvalue weighted by atomic mass is 35.5. The lowest BCUT2D eigenvalue weighted by Gasteiger charge is -2.32. The molecule has 110 valence electrons. The van der Waals surface area contributed by atoms with E-state index in [4.69, 9.17) is 25.9 Å². The van der Waals surface area contributed by atoms with Crippen molar-refractivity contribution in [1.82, 2.24) is 4.98 Å². The number of benzene rings is 1. The maximum absolute atomic E-state index is 10.8. The normalized spacial score (nSPS) is 18.7. The number of carbonyl (C=O) groups is 1. The predicted molar refractivity (Wildman–Crippen MR) is 75.8 cm³/mol. The van der Waals surface area contributed by atoms with Gasteiger partial charge in [-0.25, -0.2) is 4.79 Å². The Balaban J connectivity index is 1.75. The van der Waals surface area contributed by atoms with Crippen molar-refractivity contribution in [2.75, 3.05) is 24.6 Å². The van der Waals surface area contributed by atoms with Crippen LogP contribution in [0.4, 0.5) is 6.01 Å². The third-order valence-corrected chi connectivity index (χ3v) is 3.54. The summed E-state index contributed by atoms with van der Waals surface area (Å²) < 4.78 is 11.0. The van der Waals surface area contributed by atoms with Gasteiger partial charge in [0, 0.05) is 11.6 Å². The van der Waals surface area contributed by atoms with Crippen LogP contribution in [-0.4, -0.2) is 35.8 Å². The number of nitrogens with zero attached hydrogens (tertiary/aromatic N) is 2. The van der Waals surface area contributed by atoms with E-state index in [0.717, 1.165) is 11.8 Å². The zero-order valence-electron chi connectivity index (χ0n) is 11.0. The van der Waals surface area contributed by atoms with Crippen LogP contribution in [0.3, 0.4) is 0 Å². The number of rotatable bonds is 3. The minimum absolute atomic E-state index is 0.0977. The van der Waals surface area contributed by atoms with Gasteiger partial charge in [-0.3, -0.25) is 0 Å². The first kappa shape index (κ1) is 13.9. The minimum Gasteiger partial charge on any atom is -0.476 e. The molecule has 2 heterocycles. The Morgan fingerprint density at radius 3 is 2.81 bits per heavy atom. The van der Waals surface area contributed by atoms with Gasteiger partial charge in [-0.2, -0.15) is 4.98 Å². The van der Waals surface area contributed by atoms with Crippen LogP contribution in [0.2, 0.25) is 5.02 Å². The molecule has 1 aliphatic heterocycles. The van der Waals surface area contributed by atoms with Gasteiger partial charge < -0.3 is 19.2 Å². The third kappa shape index (κ3) is 3.01. The van der Waals surface area contributed by atoms with Gasteiger partial charge in [0.05, 0.1) is 13.2 Å². The first-order valence-corrected chi connectivity index (χ1v) is 6.82. The minimum atomic E-state index is -1.10. The number of oxazole rings is 1. The highest BCUT2D eigenvalue weighted by Gasteiger charge is 2.25. The molecule has 0 saturated carbocycles. The SMILES string of the molecule is O=C(O)c1coc(N2CCO[C@H](c3ccc(Cl)cc3)C2)n1. The molecule has 1 atom stereocenters. The predicted octanol–water partition coefficient (Wildman–Crippen LogP) is 2.60. The van der Waals surface area contributed by atoms with Crippen LogP contribution in [0.25, 0.3) is 0 Å². The summed E-state index contributed by atoms with van der Waals surface area (Å²) in [7, 11) is 0. The molecule has 2 aromatic rings. The van der Waals surface area contributed by atoms with Crippen molar-refractivity contribution in [2.24, 2.45) is 0 Å². The summed E-state index contributed by atoms with van der Waals surface area (Å²) in [6, 6.07) is 7.75. The largest absolute Gasteiger partial charge is 0.476 e. The van der Waals surface area contributed by atoms with Crippen LogP contribution >= 0.6 is 11.6 Å². The number of hydrogen-bond acceptors (Lipinski definition) is 5. The molecule has 0 amide bonds. The topological polar surface area (TPSA) is 75.8 Å². The Kier molecular flexibility index (Phi) is 3.81. The van der Waals surface area contributed by atoms with Gasteiger partial charge in [-0.05, 0) is 17.7 Å². The molecule has 0 radical (unpaired) electrons. The second kappa shape index (κ2) is 5.75. The van der Waals surface area contributed by atoms with Crippen LogP contribution in [-0.2, 0) is 4.74 Å². The third-order valence-electron chi connectivity index (χ3n) is 3.29. The van der Waals surface area contributed by atoms with Crippen molar-refractivity contribution in [2.45, 2.75) is 6.10 Å². The van der Waals surface area contributed by atoms with E-state index in [0.29, 0.717) is 30.7 Å². The molecule has 0 unspecified atom stereocenters. The van der Waals surface area contributed by atoms with Gasteiger partial charge in [0.15, 0.2) is 5.69 Å². The molecule has 0 bridgehead atoms. The number of carboxylic acids is 1. The number of carboxylic acid groups (broad SMARTS) is 1. The number of aromatic nitrogens is 1. The van der Waals surface area contributed by atoms with Crippen LogP contribution < -0.4 is 4.90 Å². The molecule has 0 aliphatic carbocycles. The maximum atomic E-state index is 10.8. The van der Waals surface area contributed by atoms with Crippen LogP contribution in [0, 0.1) is 0 Å². The molecule has 1 saturated heterocycles. The van der Waals surface area contributed by atoms with Crippen molar-refractivity contribution < 1.29 is 19.1 Å². The first-order chi connectivity index (χ1) is 10.1. The summed E-state index contributed by atoms with van der Waals surface area (Å²) in [5.41, 5.74) is 0.911. The van der Waals surface area contributed by atoms with Gasteiger partial charge in [-0.1, -0.05) is 23.7 Å². The van der Waals surface area contributed by atoms with E-state index < -0.39 is 5.97 Å². The van der Waals surface area contributed by atoms with Gasteiger partial charge in [0.2, 0.25) is 0 Å². The second-order valence-corrected chi connectivity index (χ2v) is 5.11. The number of ether oxygens (including phenoxy) is 1. The van der Waals surface area contributed by atoms with Crippen molar-refractivity contribution >= 4 is 23.6 Å². The van der Waals surface area contributed by atoms with E-state index in [2.05, 4.69) is 4.98 Å². The van der Waals surface area contributed by atoms with E-state index in [1.807, 2.05) is 29.2 Å². The lowest BCUT2D eigenvalue weighted by molar-refractivity contribution is 0.0380. The molecular formula is C14H13ClN2O4. The number of hydrogen-bond donors (Lipinski definition) is 1. The Labute approximate surface area is 125 Å². The Hall–Kier alpha value is -2.05. The van der Waals surface area contributed by atoms with E-state index in [1.54, 1.807) is 0 Å². The molecule has 1 fully saturated rings. The fraction of sp³-hybridized carbons (Fsp3) is 0.286. The zero-order chi connectivity index (χ0) is 14.8. The van der Waals surface area contributed by atoms with Crippen molar-refractivity contribution in [3.8, 4) is 0 Å². The summed E-state index contributed by atoms with van der Waals surface area (Å²) in [6.45, 7) is 1.66. The molecule has 3 rings (SSSR count). The van der Waals surface area contributed by atoms with E-state index in [9.17, 15) is 4.79 Å². The summed E-state index contributed by atoms with van der Waals surface area (Å²) >= 11 is 5.88. The standard InChI is InChI=1S/C14H13ClN2O4/c15-10-3-1-9(2-4-10)12-7-17(5-6-20-12)14-16-11(8-21-14)13(18)19/h1-4,8,12H,5-7H2,(H,18,19)/t12-/m0/s1. The zero-order valence-corrected chi connectivity index (χ0v) is 11.8. The highest BCUT2D eigenvalue weighted by molar-refractivity contribution is 6.30. The summed E-state index contributed by atoms with van der Waals surface area (Å²) in [4.78, 5) is 16.7. The van der Waals surface area contributed by atoms with Crippen LogP contribution in [0.15, 0.2) is 34.9 Å². The summed E-state index contributed by atoms with van der Waals surface area (Å²) in [6.07, 6.45) is 1.01. The molecule has 1 aromatic heterocycles. The highest BCUT2D eigenvalue weighted by Crippen LogP contribution is 2.26. The second-order valence-electron chi connectivity index (χ2n) is 4.68. The first-order valence-electron chi connectivity index (χ1n) is 6.44. The number of morpholine rings is 1. The maximum Gasteiger partial charge on any atom is 0.357 e. The van der Waals surface area contributed by atoms with E-state index in [-0.39, 0.29) is 11.8 Å². The summed E-state index contributed by atoms with van der Waals surface area (Å²) in [5.74, 6) is -1.10. The Morgan fingerprint density at radius 1 is 1.38 bits per heavy atom. The van der Waals surface area contributed by atoms with E-state index in [1.165, 1.54) is 0 Å². The molecule has 1 N–H and O–H groups in total. The number of anilines is 1. The van der Waals surface area contributed by atoms with Gasteiger partial charge in [0.1, 0.15) is 12.4 Å². The molecule has 1 aliphatic rings. The van der Waals surface area contributed by atoms with Crippen LogP contribution in [0.1, 0.15) is 22.2 Å². The van der Waals surface area contributed by atoms with Gasteiger partial charge >= 0.3 is 5.97 Å². The molecule has 7 heteroatoms. The van der Waals surface area contributed by atoms with Crippen molar-refractivity contribution in [3.05, 3.63) is 46.8 Å². The number of halogens is 1. The lowest BCUT2D eigenvalue weighted by atomic mass is 10.1. The lowest BCUT2D eigenvalue weighted by Crippen LogP contribution is -2.38. The Morgan fingerprint density at radius 2 is 2.14 bits per heavy atom. The molecule has 0 spiro atoms. The molecule has 21 heavy (non-hydrogen) atoms. The van der Waals surface area contributed by atoms with Crippen LogP contribution in [0.5, 0.6) is 0 Å².